The number of allylic oxidation sites excluding steroid dienone is 3. The van der Waals surface area contributed by atoms with Gasteiger partial charge in [0, 0.05) is 12.0 Å². The molecule has 0 aromatic carbocycles. The van der Waals surface area contributed by atoms with Crippen LogP contribution in [0.15, 0.2) is 29.5 Å². The van der Waals surface area contributed by atoms with Gasteiger partial charge in [0.2, 0.25) is 0 Å². The van der Waals surface area contributed by atoms with E-state index in [1.807, 2.05) is 25.2 Å². The van der Waals surface area contributed by atoms with Crippen molar-refractivity contribution in [1.82, 2.24) is 0 Å². The van der Waals surface area contributed by atoms with Crippen molar-refractivity contribution in [2.24, 2.45) is 0 Å². The summed E-state index contributed by atoms with van der Waals surface area (Å²) in [6.45, 7) is 1.85. The quantitative estimate of drug-likeness (QED) is 0.335. The first-order chi connectivity index (χ1) is 4.43. The van der Waals surface area contributed by atoms with Crippen molar-refractivity contribution in [3.05, 3.63) is 29.5 Å². The highest BCUT2D eigenvalue weighted by Crippen LogP contribution is 2.03. The average Bonchev–Trinajstić information content (AvgIpc) is 1.91. The van der Waals surface area contributed by atoms with Crippen LogP contribution in [0.2, 0.25) is 0 Å². The van der Waals surface area contributed by atoms with E-state index in [1.165, 1.54) is 5.57 Å². The molecule has 0 saturated carbocycles. The summed E-state index contributed by atoms with van der Waals surface area (Å²) in [4.78, 5) is 0. The van der Waals surface area contributed by atoms with E-state index < -0.39 is 0 Å². The maximum absolute atomic E-state index is 2.99. The molecule has 44 valence electrons. The fraction of sp³-hybridized carbons (Fsp3) is 0.222. The van der Waals surface area contributed by atoms with Crippen LogP contribution < -0.4 is 0 Å². The van der Waals surface area contributed by atoms with Gasteiger partial charge in [-0.15, -0.1) is 11.7 Å². The summed E-state index contributed by atoms with van der Waals surface area (Å²) in [5.74, 6) is 5.84. The lowest BCUT2D eigenvalue weighted by Gasteiger charge is -1.92. The molecule has 0 nitrogen and oxygen atoms in total. The standard InChI is InChI=1S/C9H8/c1-2-6-9-7-4-3-5-8-9/h4-5,7H,8H2,1H3. The zero-order chi connectivity index (χ0) is 6.53. The van der Waals surface area contributed by atoms with E-state index in [0.717, 1.165) is 6.42 Å². The summed E-state index contributed by atoms with van der Waals surface area (Å²) >= 11 is 0. The van der Waals surface area contributed by atoms with Crippen molar-refractivity contribution in [3.63, 3.8) is 0 Å². The number of hydrogen-bond acceptors (Lipinski definition) is 0. The second-order valence-corrected chi connectivity index (χ2v) is 1.81. The van der Waals surface area contributed by atoms with Gasteiger partial charge in [-0.25, -0.2) is 0 Å². The lowest BCUT2D eigenvalue weighted by molar-refractivity contribution is 1.30. The van der Waals surface area contributed by atoms with Crippen molar-refractivity contribution in [2.75, 3.05) is 0 Å². The molecule has 0 spiro atoms. The minimum absolute atomic E-state index is 0.942. The predicted molar refractivity (Wildman–Crippen MR) is 38.8 cm³/mol. The van der Waals surface area contributed by atoms with Gasteiger partial charge in [0.25, 0.3) is 0 Å². The van der Waals surface area contributed by atoms with Gasteiger partial charge in [0.05, 0.1) is 0 Å². The van der Waals surface area contributed by atoms with Gasteiger partial charge >= 0.3 is 0 Å². The van der Waals surface area contributed by atoms with Crippen molar-refractivity contribution in [2.45, 2.75) is 13.3 Å². The van der Waals surface area contributed by atoms with E-state index in [2.05, 4.69) is 17.6 Å². The zero-order valence-corrected chi connectivity index (χ0v) is 5.44. The van der Waals surface area contributed by atoms with Crippen molar-refractivity contribution < 1.29 is 0 Å². The minimum Gasteiger partial charge on any atom is -0.125 e. The van der Waals surface area contributed by atoms with Crippen molar-refractivity contribution in [3.8, 4) is 11.8 Å². The molecule has 0 unspecified atom stereocenters. The van der Waals surface area contributed by atoms with Crippen LogP contribution in [0.4, 0.5) is 0 Å². The first-order valence-corrected chi connectivity index (χ1v) is 2.96. The highest BCUT2D eigenvalue weighted by molar-refractivity contribution is 5.35. The second kappa shape index (κ2) is 2.97. The largest absolute Gasteiger partial charge is 0.125 e. The molecule has 1 aliphatic rings. The molecule has 0 saturated heterocycles. The van der Waals surface area contributed by atoms with Crippen LogP contribution in [-0.2, 0) is 0 Å². The van der Waals surface area contributed by atoms with E-state index in [9.17, 15) is 0 Å². The van der Waals surface area contributed by atoms with Gasteiger partial charge in [-0.3, -0.25) is 0 Å². The normalized spacial score (nSPS) is 14.1. The lowest BCUT2D eigenvalue weighted by Crippen LogP contribution is -1.76. The van der Waals surface area contributed by atoms with Crippen LogP contribution in [0.1, 0.15) is 13.3 Å². The average molecular weight is 116 g/mol. The molecular formula is C9H8. The third-order valence-electron chi connectivity index (χ3n) is 1.11. The Labute approximate surface area is 55.6 Å². The fourth-order valence-electron chi connectivity index (χ4n) is 0.707. The smallest absolute Gasteiger partial charge is 0.00703 e. The van der Waals surface area contributed by atoms with E-state index >= 15 is 0 Å². The van der Waals surface area contributed by atoms with Crippen LogP contribution in [0.3, 0.4) is 0 Å². The molecule has 0 aromatic heterocycles. The van der Waals surface area contributed by atoms with Gasteiger partial charge in [-0.1, -0.05) is 5.92 Å². The predicted octanol–water partition coefficient (Wildman–Crippen LogP) is 2.05. The Morgan fingerprint density at radius 2 is 2.56 bits per heavy atom. The Bertz CT molecular complexity index is 237. The molecule has 0 heterocycles. The maximum atomic E-state index is 2.99. The van der Waals surface area contributed by atoms with Crippen LogP contribution in [0, 0.1) is 11.8 Å². The molecule has 0 heteroatoms. The van der Waals surface area contributed by atoms with Gasteiger partial charge in [-0.05, 0) is 25.2 Å². The van der Waals surface area contributed by atoms with E-state index in [1.54, 1.807) is 0 Å². The highest BCUT2D eigenvalue weighted by Gasteiger charge is 1.88. The van der Waals surface area contributed by atoms with Gasteiger partial charge in [0.15, 0.2) is 0 Å². The summed E-state index contributed by atoms with van der Waals surface area (Å²) in [7, 11) is 0. The Balaban J connectivity index is 2.74. The molecule has 0 radical (unpaired) electrons. The molecule has 0 bridgehead atoms. The van der Waals surface area contributed by atoms with E-state index in [-0.39, 0.29) is 0 Å². The van der Waals surface area contributed by atoms with E-state index in [0.29, 0.717) is 0 Å². The molecule has 0 fully saturated rings. The summed E-state index contributed by atoms with van der Waals surface area (Å²) in [5.41, 5.74) is 4.16. The topological polar surface area (TPSA) is 0 Å². The molecule has 0 aromatic rings. The Kier molecular flexibility index (Phi) is 1.96. The van der Waals surface area contributed by atoms with Crippen LogP contribution in [0.25, 0.3) is 0 Å². The van der Waals surface area contributed by atoms with Crippen molar-refractivity contribution in [1.29, 1.82) is 0 Å². The first kappa shape index (κ1) is 5.95. The van der Waals surface area contributed by atoms with Crippen molar-refractivity contribution >= 4 is 0 Å². The van der Waals surface area contributed by atoms with Gasteiger partial charge in [-0.2, -0.15) is 0 Å². The summed E-state index contributed by atoms with van der Waals surface area (Å²) in [5, 5.41) is 0. The number of rotatable bonds is 0. The van der Waals surface area contributed by atoms with Gasteiger partial charge in [0.1, 0.15) is 0 Å². The minimum atomic E-state index is 0.942. The van der Waals surface area contributed by atoms with Gasteiger partial charge < -0.3 is 0 Å². The van der Waals surface area contributed by atoms with Crippen LogP contribution in [-0.4, -0.2) is 0 Å². The monoisotopic (exact) mass is 116 g/mol. The van der Waals surface area contributed by atoms with Crippen LogP contribution in [0.5, 0.6) is 0 Å². The Morgan fingerprint density at radius 1 is 1.67 bits per heavy atom. The molecule has 1 rings (SSSR count). The molecule has 0 aliphatic heterocycles. The summed E-state index contributed by atoms with van der Waals surface area (Å²) in [6.07, 6.45) is 6.82. The third-order valence-corrected chi connectivity index (χ3v) is 1.11. The first-order valence-electron chi connectivity index (χ1n) is 2.96. The zero-order valence-electron chi connectivity index (χ0n) is 5.44. The summed E-state index contributed by atoms with van der Waals surface area (Å²) in [6, 6.07) is 0. The second-order valence-electron chi connectivity index (χ2n) is 1.81. The van der Waals surface area contributed by atoms with Crippen LogP contribution >= 0.6 is 0 Å². The van der Waals surface area contributed by atoms with E-state index in [4.69, 9.17) is 0 Å². The number of hydrogen-bond donors (Lipinski definition) is 0. The maximum Gasteiger partial charge on any atom is 0.00703 e. The third kappa shape index (κ3) is 1.64. The molecule has 9 heavy (non-hydrogen) atoms. The summed E-state index contributed by atoms with van der Waals surface area (Å²) < 4.78 is 0. The molecule has 0 N–H and O–H groups in total. The lowest BCUT2D eigenvalue weighted by atomic mass is 10.1. The highest BCUT2D eigenvalue weighted by atomic mass is 13.9. The Hall–Kier alpha value is -1.18. The molecular weight excluding hydrogens is 108 g/mol. The SMILES string of the molecule is CC#CC1=CC=C=CC1. The fourth-order valence-corrected chi connectivity index (χ4v) is 0.707. The Morgan fingerprint density at radius 3 is 3.11 bits per heavy atom. The molecule has 1 aliphatic carbocycles. The molecule has 0 amide bonds. The molecule has 0 atom stereocenters.